The monoisotopic (exact) mass is 249 g/mol. The number of likely N-dealkylation sites (N-methyl/N-ethyl adjacent to an activating group) is 1. The lowest BCUT2D eigenvalue weighted by Gasteiger charge is -2.22. The van der Waals surface area contributed by atoms with Crippen LogP contribution in [0.3, 0.4) is 0 Å². The number of nitrogens with one attached hydrogen (secondary N) is 1. The van der Waals surface area contributed by atoms with Gasteiger partial charge in [0.15, 0.2) is 0 Å². The SMILES string of the molecule is CCN(C(=O)C(N=N)C(=O)OC)c1ccccc1. The standard InChI is InChI=1S/C12H15N3O3/c1-3-15(9-7-5-4-6-8-9)11(16)10(14-13)12(17)18-2/h4-8,10,13H,3H2,1-2H3. The van der Waals surface area contributed by atoms with Crippen molar-refractivity contribution in [1.82, 2.24) is 0 Å². The lowest BCUT2D eigenvalue weighted by Crippen LogP contribution is -2.42. The van der Waals surface area contributed by atoms with Gasteiger partial charge in [0.1, 0.15) is 0 Å². The summed E-state index contributed by atoms with van der Waals surface area (Å²) in [7, 11) is 1.16. The van der Waals surface area contributed by atoms with Gasteiger partial charge in [0.25, 0.3) is 5.91 Å². The summed E-state index contributed by atoms with van der Waals surface area (Å²) in [5.74, 6) is -1.39. The van der Waals surface area contributed by atoms with E-state index in [1.165, 1.54) is 4.90 Å². The summed E-state index contributed by atoms with van der Waals surface area (Å²) in [5, 5.41) is 3.04. The highest BCUT2D eigenvalue weighted by Gasteiger charge is 2.31. The van der Waals surface area contributed by atoms with Crippen LogP contribution in [-0.4, -0.2) is 31.6 Å². The Bertz CT molecular complexity index is 433. The average Bonchev–Trinajstić information content (AvgIpc) is 2.41. The van der Waals surface area contributed by atoms with E-state index in [9.17, 15) is 9.59 Å². The Kier molecular flexibility index (Phi) is 4.98. The van der Waals surface area contributed by atoms with Gasteiger partial charge >= 0.3 is 5.97 Å². The summed E-state index contributed by atoms with van der Waals surface area (Å²) in [6.07, 6.45) is 0. The molecule has 0 saturated heterocycles. The van der Waals surface area contributed by atoms with Gasteiger partial charge in [-0.1, -0.05) is 18.2 Å². The van der Waals surface area contributed by atoms with Crippen molar-refractivity contribution in [3.63, 3.8) is 0 Å². The van der Waals surface area contributed by atoms with E-state index < -0.39 is 17.9 Å². The number of esters is 1. The number of carbonyl (C=O) groups is 2. The van der Waals surface area contributed by atoms with Crippen LogP contribution in [0.25, 0.3) is 0 Å². The number of methoxy groups -OCH3 is 1. The van der Waals surface area contributed by atoms with Crippen LogP contribution < -0.4 is 4.90 Å². The van der Waals surface area contributed by atoms with Gasteiger partial charge in [-0.2, -0.15) is 5.11 Å². The molecular formula is C12H15N3O3. The molecule has 0 aliphatic heterocycles. The van der Waals surface area contributed by atoms with Crippen molar-refractivity contribution in [1.29, 1.82) is 5.53 Å². The van der Waals surface area contributed by atoms with Crippen molar-refractivity contribution >= 4 is 17.6 Å². The van der Waals surface area contributed by atoms with Gasteiger partial charge in [0.2, 0.25) is 6.04 Å². The molecule has 0 saturated carbocycles. The van der Waals surface area contributed by atoms with Crippen LogP contribution in [0.5, 0.6) is 0 Å². The van der Waals surface area contributed by atoms with Gasteiger partial charge in [-0.3, -0.25) is 4.79 Å². The fourth-order valence-electron chi connectivity index (χ4n) is 1.54. The molecule has 1 rings (SSSR count). The minimum Gasteiger partial charge on any atom is -0.467 e. The third kappa shape index (κ3) is 2.91. The molecule has 0 fully saturated rings. The number of para-hydroxylation sites is 1. The molecule has 1 atom stereocenters. The Balaban J connectivity index is 2.98. The smallest absolute Gasteiger partial charge is 0.342 e. The van der Waals surface area contributed by atoms with E-state index in [0.29, 0.717) is 12.2 Å². The van der Waals surface area contributed by atoms with Crippen LogP contribution in [0, 0.1) is 5.53 Å². The Morgan fingerprint density at radius 3 is 2.44 bits per heavy atom. The van der Waals surface area contributed by atoms with E-state index in [-0.39, 0.29) is 0 Å². The second kappa shape index (κ2) is 6.48. The van der Waals surface area contributed by atoms with Crippen LogP contribution >= 0.6 is 0 Å². The van der Waals surface area contributed by atoms with E-state index in [1.807, 2.05) is 6.07 Å². The molecule has 0 aromatic heterocycles. The lowest BCUT2D eigenvalue weighted by molar-refractivity contribution is -0.145. The molecule has 96 valence electrons. The van der Waals surface area contributed by atoms with Crippen LogP contribution in [0.4, 0.5) is 5.69 Å². The highest BCUT2D eigenvalue weighted by Crippen LogP contribution is 2.15. The van der Waals surface area contributed by atoms with Gasteiger partial charge in [-0.25, -0.2) is 10.3 Å². The molecule has 1 aromatic carbocycles. The van der Waals surface area contributed by atoms with Crippen LogP contribution in [0.2, 0.25) is 0 Å². The number of hydrogen-bond acceptors (Lipinski definition) is 5. The maximum atomic E-state index is 12.1. The predicted molar refractivity (Wildman–Crippen MR) is 65.4 cm³/mol. The fourth-order valence-corrected chi connectivity index (χ4v) is 1.54. The summed E-state index contributed by atoms with van der Waals surface area (Å²) >= 11 is 0. The Labute approximate surface area is 105 Å². The molecule has 0 aliphatic rings. The molecule has 18 heavy (non-hydrogen) atoms. The molecule has 6 heteroatoms. The van der Waals surface area contributed by atoms with Crippen molar-refractivity contribution in [2.45, 2.75) is 13.0 Å². The van der Waals surface area contributed by atoms with Gasteiger partial charge < -0.3 is 9.64 Å². The zero-order valence-corrected chi connectivity index (χ0v) is 10.3. The number of ether oxygens (including phenoxy) is 1. The lowest BCUT2D eigenvalue weighted by atomic mass is 10.2. The highest BCUT2D eigenvalue weighted by molar-refractivity contribution is 6.09. The first-order valence-corrected chi connectivity index (χ1v) is 5.46. The van der Waals surface area contributed by atoms with Crippen molar-refractivity contribution in [2.24, 2.45) is 5.11 Å². The van der Waals surface area contributed by atoms with Crippen molar-refractivity contribution in [2.75, 3.05) is 18.6 Å². The summed E-state index contributed by atoms with van der Waals surface area (Å²) < 4.78 is 4.45. The summed E-state index contributed by atoms with van der Waals surface area (Å²) in [6.45, 7) is 2.16. The van der Waals surface area contributed by atoms with E-state index in [4.69, 9.17) is 5.53 Å². The van der Waals surface area contributed by atoms with Gasteiger partial charge in [0.05, 0.1) is 7.11 Å². The molecule has 0 aliphatic carbocycles. The molecule has 1 N–H and O–H groups in total. The van der Waals surface area contributed by atoms with Gasteiger partial charge in [0, 0.05) is 12.2 Å². The molecule has 0 bridgehead atoms. The maximum Gasteiger partial charge on any atom is 0.342 e. The third-order valence-electron chi connectivity index (χ3n) is 2.44. The minimum atomic E-state index is -1.44. The van der Waals surface area contributed by atoms with Crippen molar-refractivity contribution < 1.29 is 14.3 Å². The number of hydrogen-bond donors (Lipinski definition) is 1. The van der Waals surface area contributed by atoms with Crippen LogP contribution in [-0.2, 0) is 14.3 Å². The molecule has 0 spiro atoms. The quantitative estimate of drug-likeness (QED) is 0.489. The minimum absolute atomic E-state index is 0.381. The van der Waals surface area contributed by atoms with Crippen LogP contribution in [0.15, 0.2) is 35.4 Å². The van der Waals surface area contributed by atoms with Gasteiger partial charge in [-0.05, 0) is 19.1 Å². The molecule has 0 radical (unpaired) electrons. The van der Waals surface area contributed by atoms with Gasteiger partial charge in [-0.15, -0.1) is 0 Å². The van der Waals surface area contributed by atoms with E-state index in [1.54, 1.807) is 31.2 Å². The second-order valence-corrected chi connectivity index (χ2v) is 3.47. The summed E-state index contributed by atoms with van der Waals surface area (Å²) in [4.78, 5) is 24.9. The first-order chi connectivity index (χ1) is 8.65. The van der Waals surface area contributed by atoms with E-state index >= 15 is 0 Å². The zero-order chi connectivity index (χ0) is 13.5. The number of carbonyl (C=O) groups excluding carboxylic acids is 2. The highest BCUT2D eigenvalue weighted by atomic mass is 16.5. The van der Waals surface area contributed by atoms with Crippen molar-refractivity contribution in [3.05, 3.63) is 30.3 Å². The Morgan fingerprint density at radius 1 is 1.39 bits per heavy atom. The number of nitrogens with zero attached hydrogens (tertiary/aromatic N) is 2. The summed E-state index contributed by atoms with van der Waals surface area (Å²) in [5.41, 5.74) is 7.59. The average molecular weight is 249 g/mol. The Morgan fingerprint density at radius 2 is 2.00 bits per heavy atom. The normalized spacial score (nSPS) is 11.4. The van der Waals surface area contributed by atoms with Crippen molar-refractivity contribution in [3.8, 4) is 0 Å². The number of anilines is 1. The largest absolute Gasteiger partial charge is 0.467 e. The maximum absolute atomic E-state index is 12.1. The predicted octanol–water partition coefficient (Wildman–Crippen LogP) is 1.61. The number of amides is 1. The fraction of sp³-hybridized carbons (Fsp3) is 0.333. The van der Waals surface area contributed by atoms with E-state index in [0.717, 1.165) is 7.11 Å². The molecule has 0 heterocycles. The summed E-state index contributed by atoms with van der Waals surface area (Å²) in [6, 6.07) is 7.47. The first kappa shape index (κ1) is 13.8. The molecule has 6 nitrogen and oxygen atoms in total. The number of rotatable bonds is 5. The zero-order valence-electron chi connectivity index (χ0n) is 10.3. The second-order valence-electron chi connectivity index (χ2n) is 3.47. The van der Waals surface area contributed by atoms with E-state index in [2.05, 4.69) is 9.85 Å². The van der Waals surface area contributed by atoms with Crippen LogP contribution in [0.1, 0.15) is 6.92 Å². The molecule has 1 aromatic rings. The topological polar surface area (TPSA) is 82.8 Å². The molecule has 1 unspecified atom stereocenters. The number of benzene rings is 1. The molecular weight excluding hydrogens is 234 g/mol. The third-order valence-corrected chi connectivity index (χ3v) is 2.44. The molecule has 1 amide bonds. The Hall–Kier alpha value is -2.24. The first-order valence-electron chi connectivity index (χ1n) is 5.46.